The molecule has 1 aliphatic heterocycles. The van der Waals surface area contributed by atoms with Gasteiger partial charge in [-0.1, -0.05) is 11.6 Å². The van der Waals surface area contributed by atoms with Crippen molar-refractivity contribution in [3.05, 3.63) is 35.0 Å². The fourth-order valence-corrected chi connectivity index (χ4v) is 2.84. The average Bonchev–Trinajstić information content (AvgIpc) is 2.45. The standard InChI is InChI=1S/C14H19ClN2O3S/c1-20-14-9-12(3-4-13(14)15)17-7-6-16-11(10-17)5-8-21(2,18)19/h3-5,9,16H,6-8,10H2,1-2H3/b11-5+. The van der Waals surface area contributed by atoms with Crippen LogP contribution in [-0.2, 0) is 9.84 Å². The van der Waals surface area contributed by atoms with Crippen LogP contribution in [0.5, 0.6) is 5.75 Å². The highest BCUT2D eigenvalue weighted by Crippen LogP contribution is 2.29. The van der Waals surface area contributed by atoms with E-state index in [0.29, 0.717) is 17.3 Å². The summed E-state index contributed by atoms with van der Waals surface area (Å²) in [7, 11) is -1.41. The molecule has 116 valence electrons. The van der Waals surface area contributed by atoms with Crippen LogP contribution in [0.1, 0.15) is 0 Å². The van der Waals surface area contributed by atoms with Crippen LogP contribution in [0.4, 0.5) is 5.69 Å². The first-order chi connectivity index (χ1) is 9.89. The zero-order valence-corrected chi connectivity index (χ0v) is 13.7. The summed E-state index contributed by atoms with van der Waals surface area (Å²) in [5, 5.41) is 3.80. The Hall–Kier alpha value is -1.40. The van der Waals surface area contributed by atoms with Gasteiger partial charge in [0.15, 0.2) is 9.84 Å². The fraction of sp³-hybridized carbons (Fsp3) is 0.429. The van der Waals surface area contributed by atoms with E-state index in [1.165, 1.54) is 6.26 Å². The molecule has 0 atom stereocenters. The first kappa shape index (κ1) is 16.0. The van der Waals surface area contributed by atoms with Crippen LogP contribution in [0.15, 0.2) is 30.0 Å². The van der Waals surface area contributed by atoms with Crippen molar-refractivity contribution in [2.24, 2.45) is 0 Å². The maximum absolute atomic E-state index is 11.2. The molecule has 21 heavy (non-hydrogen) atoms. The quantitative estimate of drug-likeness (QED) is 0.910. The van der Waals surface area contributed by atoms with Crippen LogP contribution in [-0.4, -0.2) is 47.2 Å². The molecule has 2 rings (SSSR count). The lowest BCUT2D eigenvalue weighted by atomic mass is 10.2. The van der Waals surface area contributed by atoms with Crippen molar-refractivity contribution < 1.29 is 13.2 Å². The topological polar surface area (TPSA) is 58.6 Å². The molecular weight excluding hydrogens is 312 g/mol. The summed E-state index contributed by atoms with van der Waals surface area (Å²) >= 11 is 6.03. The summed E-state index contributed by atoms with van der Waals surface area (Å²) < 4.78 is 27.7. The van der Waals surface area contributed by atoms with Gasteiger partial charge in [-0.2, -0.15) is 0 Å². The Morgan fingerprint density at radius 2 is 2.24 bits per heavy atom. The summed E-state index contributed by atoms with van der Waals surface area (Å²) in [5.41, 5.74) is 1.92. The normalized spacial score (nSPS) is 17.7. The van der Waals surface area contributed by atoms with Crippen molar-refractivity contribution in [1.82, 2.24) is 5.32 Å². The van der Waals surface area contributed by atoms with E-state index in [2.05, 4.69) is 10.2 Å². The van der Waals surface area contributed by atoms with Gasteiger partial charge in [0.2, 0.25) is 0 Å². The van der Waals surface area contributed by atoms with Crippen LogP contribution in [0.25, 0.3) is 0 Å². The van der Waals surface area contributed by atoms with Crippen molar-refractivity contribution in [1.29, 1.82) is 0 Å². The number of halogens is 1. The van der Waals surface area contributed by atoms with Gasteiger partial charge in [-0.3, -0.25) is 0 Å². The molecule has 1 fully saturated rings. The highest BCUT2D eigenvalue weighted by atomic mass is 35.5. The van der Waals surface area contributed by atoms with E-state index >= 15 is 0 Å². The van der Waals surface area contributed by atoms with Gasteiger partial charge in [0.05, 0.1) is 24.4 Å². The average molecular weight is 331 g/mol. The number of anilines is 1. The molecule has 1 saturated heterocycles. The Kier molecular flexibility index (Phi) is 5.00. The number of ether oxygens (including phenoxy) is 1. The predicted octanol–water partition coefficient (Wildman–Crippen LogP) is 1.69. The number of nitrogens with zero attached hydrogens (tertiary/aromatic N) is 1. The number of sulfone groups is 1. The van der Waals surface area contributed by atoms with Crippen LogP contribution in [0.2, 0.25) is 5.02 Å². The lowest BCUT2D eigenvalue weighted by Crippen LogP contribution is -2.42. The van der Waals surface area contributed by atoms with E-state index in [4.69, 9.17) is 16.3 Å². The minimum Gasteiger partial charge on any atom is -0.495 e. The largest absolute Gasteiger partial charge is 0.495 e. The van der Waals surface area contributed by atoms with Gasteiger partial charge < -0.3 is 15.0 Å². The van der Waals surface area contributed by atoms with Gasteiger partial charge in [-0.05, 0) is 18.2 Å². The van der Waals surface area contributed by atoms with Crippen LogP contribution >= 0.6 is 11.6 Å². The zero-order chi connectivity index (χ0) is 15.5. The highest BCUT2D eigenvalue weighted by molar-refractivity contribution is 7.90. The number of hydrogen-bond donors (Lipinski definition) is 1. The number of nitrogens with one attached hydrogen (secondary N) is 1. The summed E-state index contributed by atoms with van der Waals surface area (Å²) in [6.07, 6.45) is 2.96. The Labute approximate surface area is 130 Å². The van der Waals surface area contributed by atoms with E-state index in [0.717, 1.165) is 24.5 Å². The van der Waals surface area contributed by atoms with E-state index in [-0.39, 0.29) is 5.75 Å². The highest BCUT2D eigenvalue weighted by Gasteiger charge is 2.16. The first-order valence-corrected chi connectivity index (χ1v) is 9.02. The minimum atomic E-state index is -2.99. The Balaban J connectivity index is 2.14. The van der Waals surface area contributed by atoms with E-state index in [9.17, 15) is 8.42 Å². The summed E-state index contributed by atoms with van der Waals surface area (Å²) in [4.78, 5) is 2.16. The number of methoxy groups -OCH3 is 1. The van der Waals surface area contributed by atoms with E-state index in [1.807, 2.05) is 12.1 Å². The Morgan fingerprint density at radius 3 is 2.90 bits per heavy atom. The van der Waals surface area contributed by atoms with Crippen LogP contribution in [0, 0.1) is 0 Å². The van der Waals surface area contributed by atoms with Crippen molar-refractivity contribution in [3.8, 4) is 5.75 Å². The third-order valence-corrected chi connectivity index (χ3v) is 4.31. The third kappa shape index (κ3) is 4.54. The van der Waals surface area contributed by atoms with Crippen molar-refractivity contribution in [3.63, 3.8) is 0 Å². The van der Waals surface area contributed by atoms with E-state index < -0.39 is 9.84 Å². The van der Waals surface area contributed by atoms with Crippen LogP contribution < -0.4 is 15.0 Å². The number of piperazine rings is 1. The Morgan fingerprint density at radius 1 is 1.48 bits per heavy atom. The molecule has 0 aliphatic carbocycles. The molecule has 7 heteroatoms. The molecule has 1 N–H and O–H groups in total. The predicted molar refractivity (Wildman–Crippen MR) is 86.0 cm³/mol. The molecule has 1 aliphatic rings. The molecule has 1 aromatic rings. The molecule has 0 amide bonds. The first-order valence-electron chi connectivity index (χ1n) is 6.58. The van der Waals surface area contributed by atoms with E-state index in [1.54, 1.807) is 19.3 Å². The SMILES string of the molecule is COc1cc(N2CCN/C(=C/CS(C)(=O)=O)C2)ccc1Cl. The second kappa shape index (κ2) is 6.58. The molecule has 0 aromatic heterocycles. The van der Waals surface area contributed by atoms with Crippen molar-refractivity contribution in [2.75, 3.05) is 43.7 Å². The van der Waals surface area contributed by atoms with Gasteiger partial charge in [-0.15, -0.1) is 0 Å². The number of rotatable bonds is 4. The van der Waals surface area contributed by atoms with Gasteiger partial charge in [-0.25, -0.2) is 8.42 Å². The smallest absolute Gasteiger partial charge is 0.151 e. The molecule has 0 unspecified atom stereocenters. The van der Waals surface area contributed by atoms with Crippen LogP contribution in [0.3, 0.4) is 0 Å². The van der Waals surface area contributed by atoms with Gasteiger partial charge in [0.25, 0.3) is 0 Å². The van der Waals surface area contributed by atoms with Gasteiger partial charge >= 0.3 is 0 Å². The molecule has 1 heterocycles. The molecule has 0 spiro atoms. The third-order valence-electron chi connectivity index (χ3n) is 3.23. The maximum atomic E-state index is 11.2. The zero-order valence-electron chi connectivity index (χ0n) is 12.1. The minimum absolute atomic E-state index is 0.0487. The molecular formula is C14H19ClN2O3S. The molecule has 1 aromatic carbocycles. The van der Waals surface area contributed by atoms with Gasteiger partial charge in [0, 0.05) is 36.8 Å². The van der Waals surface area contributed by atoms with Gasteiger partial charge in [0.1, 0.15) is 5.75 Å². The fourth-order valence-electron chi connectivity index (χ4n) is 2.15. The number of hydrogen-bond acceptors (Lipinski definition) is 5. The number of benzene rings is 1. The van der Waals surface area contributed by atoms with Crippen molar-refractivity contribution >= 4 is 27.1 Å². The summed E-state index contributed by atoms with van der Waals surface area (Å²) in [5.74, 6) is 0.682. The second-order valence-electron chi connectivity index (χ2n) is 4.99. The monoisotopic (exact) mass is 330 g/mol. The molecule has 0 bridgehead atoms. The molecule has 0 radical (unpaired) electrons. The second-order valence-corrected chi connectivity index (χ2v) is 7.58. The lowest BCUT2D eigenvalue weighted by Gasteiger charge is -2.32. The Bertz CT molecular complexity index is 644. The molecule has 5 nitrogen and oxygen atoms in total. The van der Waals surface area contributed by atoms with Crippen molar-refractivity contribution in [2.45, 2.75) is 0 Å². The lowest BCUT2D eigenvalue weighted by molar-refractivity contribution is 0.415. The molecule has 0 saturated carbocycles. The summed E-state index contributed by atoms with van der Waals surface area (Å²) in [6, 6.07) is 5.63. The maximum Gasteiger partial charge on any atom is 0.151 e. The summed E-state index contributed by atoms with van der Waals surface area (Å²) in [6.45, 7) is 2.24.